The highest BCUT2D eigenvalue weighted by Crippen LogP contribution is 2.20. The molecule has 2 N–H and O–H groups in total. The molecule has 0 saturated carbocycles. The van der Waals surface area contributed by atoms with Crippen LogP contribution in [0.2, 0.25) is 0 Å². The molecule has 0 aliphatic heterocycles. The molecule has 0 aliphatic rings. The van der Waals surface area contributed by atoms with Crippen molar-refractivity contribution in [3.05, 3.63) is 18.0 Å². The van der Waals surface area contributed by atoms with Gasteiger partial charge in [0.15, 0.2) is 0 Å². The molecule has 116 valence electrons. The third-order valence-electron chi connectivity index (χ3n) is 3.39. The van der Waals surface area contributed by atoms with Crippen LogP contribution >= 0.6 is 0 Å². The lowest BCUT2D eigenvalue weighted by Gasteiger charge is -2.25. The van der Waals surface area contributed by atoms with E-state index in [0.29, 0.717) is 17.4 Å². The second kappa shape index (κ2) is 7.24. The van der Waals surface area contributed by atoms with Crippen molar-refractivity contribution in [1.29, 1.82) is 0 Å². The highest BCUT2D eigenvalue weighted by atomic mass is 32.2. The van der Waals surface area contributed by atoms with Crippen LogP contribution in [0.25, 0.3) is 0 Å². The molecule has 5 nitrogen and oxygen atoms in total. The van der Waals surface area contributed by atoms with Gasteiger partial charge in [-0.25, -0.2) is 8.42 Å². The maximum atomic E-state index is 12.5. The van der Waals surface area contributed by atoms with E-state index < -0.39 is 10.0 Å². The van der Waals surface area contributed by atoms with Crippen LogP contribution in [0.5, 0.6) is 0 Å². The molecule has 0 aromatic carbocycles. The van der Waals surface area contributed by atoms with Gasteiger partial charge in [-0.2, -0.15) is 4.31 Å². The zero-order chi connectivity index (χ0) is 15.3. The summed E-state index contributed by atoms with van der Waals surface area (Å²) in [6, 6.07) is 1.70. The second-order valence-corrected chi connectivity index (χ2v) is 7.64. The number of hydrogen-bond donors (Lipinski definition) is 2. The van der Waals surface area contributed by atoms with E-state index in [9.17, 15) is 8.42 Å². The first kappa shape index (κ1) is 17.2. The van der Waals surface area contributed by atoms with Crippen LogP contribution in [0.15, 0.2) is 17.2 Å². The molecule has 1 aromatic rings. The number of H-pyrrole nitrogens is 1. The third-order valence-corrected chi connectivity index (χ3v) is 5.34. The fourth-order valence-electron chi connectivity index (χ4n) is 2.16. The predicted octanol–water partition coefficient (Wildman–Crippen LogP) is 2.18. The Bertz CT molecular complexity index is 508. The Balaban J connectivity index is 2.84. The number of rotatable bonds is 8. The molecule has 1 unspecified atom stereocenters. The Morgan fingerprint density at radius 1 is 1.35 bits per heavy atom. The molecule has 1 atom stereocenters. The molecule has 6 heteroatoms. The SMILES string of the molecule is CCNCc1cc(S(=O)(=O)N(C)C(C)CC(C)C)c[nH]1. The maximum Gasteiger partial charge on any atom is 0.244 e. The molecule has 20 heavy (non-hydrogen) atoms. The van der Waals surface area contributed by atoms with Gasteiger partial charge in [0.1, 0.15) is 0 Å². The molecule has 1 aromatic heterocycles. The van der Waals surface area contributed by atoms with Gasteiger partial charge in [0.05, 0.1) is 4.90 Å². The molecule has 0 aliphatic carbocycles. The number of nitrogens with one attached hydrogen (secondary N) is 2. The zero-order valence-corrected chi connectivity index (χ0v) is 13.9. The summed E-state index contributed by atoms with van der Waals surface area (Å²) in [6.07, 6.45) is 2.42. The maximum absolute atomic E-state index is 12.5. The Morgan fingerprint density at radius 3 is 2.55 bits per heavy atom. The second-order valence-electron chi connectivity index (χ2n) is 5.64. The van der Waals surface area contributed by atoms with E-state index in [4.69, 9.17) is 0 Å². The van der Waals surface area contributed by atoms with E-state index in [0.717, 1.165) is 18.7 Å². The third kappa shape index (κ3) is 4.33. The standard InChI is InChI=1S/C14H27N3O2S/c1-6-15-9-13-8-14(10-16-13)20(18,19)17(5)12(4)7-11(2)3/h8,10-12,15-16H,6-7,9H2,1-5H3. The van der Waals surface area contributed by atoms with Gasteiger partial charge < -0.3 is 10.3 Å². The number of sulfonamides is 1. The topological polar surface area (TPSA) is 65.2 Å². The highest BCUT2D eigenvalue weighted by Gasteiger charge is 2.26. The molecule has 1 heterocycles. The number of hydrogen-bond acceptors (Lipinski definition) is 3. The Morgan fingerprint density at radius 2 is 2.00 bits per heavy atom. The normalized spacial score (nSPS) is 14.2. The first-order valence-electron chi connectivity index (χ1n) is 7.15. The van der Waals surface area contributed by atoms with Gasteiger partial charge in [-0.05, 0) is 31.9 Å². The molecule has 0 spiro atoms. The Kier molecular flexibility index (Phi) is 6.23. The van der Waals surface area contributed by atoms with Gasteiger partial charge in [-0.1, -0.05) is 20.8 Å². The highest BCUT2D eigenvalue weighted by molar-refractivity contribution is 7.89. The van der Waals surface area contributed by atoms with Gasteiger partial charge >= 0.3 is 0 Å². The molecule has 0 fully saturated rings. The predicted molar refractivity (Wildman–Crippen MR) is 82.0 cm³/mol. The number of nitrogens with zero attached hydrogens (tertiary/aromatic N) is 1. The molecular weight excluding hydrogens is 274 g/mol. The number of aromatic nitrogens is 1. The lowest BCUT2D eigenvalue weighted by atomic mass is 10.1. The summed E-state index contributed by atoms with van der Waals surface area (Å²) in [5, 5.41) is 3.17. The first-order chi connectivity index (χ1) is 9.28. The van der Waals surface area contributed by atoms with E-state index in [1.54, 1.807) is 19.3 Å². The molecule has 0 amide bonds. The van der Waals surface area contributed by atoms with Crippen molar-refractivity contribution in [1.82, 2.24) is 14.6 Å². The van der Waals surface area contributed by atoms with Crippen molar-refractivity contribution in [3.8, 4) is 0 Å². The summed E-state index contributed by atoms with van der Waals surface area (Å²) >= 11 is 0. The first-order valence-corrected chi connectivity index (χ1v) is 8.59. The molecular formula is C14H27N3O2S. The zero-order valence-electron chi connectivity index (χ0n) is 13.1. The fraction of sp³-hybridized carbons (Fsp3) is 0.714. The summed E-state index contributed by atoms with van der Waals surface area (Å²) < 4.78 is 26.5. The van der Waals surface area contributed by atoms with Crippen molar-refractivity contribution in [2.75, 3.05) is 13.6 Å². The molecule has 0 saturated heterocycles. The molecule has 1 rings (SSSR count). The van der Waals surface area contributed by atoms with Gasteiger partial charge in [0, 0.05) is 31.5 Å². The summed E-state index contributed by atoms with van der Waals surface area (Å²) in [6.45, 7) is 9.67. The quantitative estimate of drug-likeness (QED) is 0.773. The summed E-state index contributed by atoms with van der Waals surface area (Å²) in [7, 11) is -1.76. The average molecular weight is 301 g/mol. The van der Waals surface area contributed by atoms with Crippen molar-refractivity contribution >= 4 is 10.0 Å². The van der Waals surface area contributed by atoms with Crippen LogP contribution in [0.4, 0.5) is 0 Å². The summed E-state index contributed by atoms with van der Waals surface area (Å²) in [4.78, 5) is 3.35. The minimum atomic E-state index is -3.41. The van der Waals surface area contributed by atoms with Crippen molar-refractivity contribution in [2.24, 2.45) is 5.92 Å². The summed E-state index contributed by atoms with van der Waals surface area (Å²) in [5.41, 5.74) is 0.885. The Labute approximate surface area is 122 Å². The van der Waals surface area contributed by atoms with Crippen LogP contribution in [0.3, 0.4) is 0 Å². The van der Waals surface area contributed by atoms with Crippen LogP contribution in [0.1, 0.15) is 39.8 Å². The molecule has 0 bridgehead atoms. The van der Waals surface area contributed by atoms with Gasteiger partial charge in [-0.3, -0.25) is 0 Å². The molecule has 0 radical (unpaired) electrons. The lowest BCUT2D eigenvalue weighted by molar-refractivity contribution is 0.338. The van der Waals surface area contributed by atoms with Crippen LogP contribution in [-0.2, 0) is 16.6 Å². The minimum absolute atomic E-state index is 0.00730. The van der Waals surface area contributed by atoms with Gasteiger partial charge in [-0.15, -0.1) is 0 Å². The van der Waals surface area contributed by atoms with E-state index in [-0.39, 0.29) is 6.04 Å². The monoisotopic (exact) mass is 301 g/mol. The van der Waals surface area contributed by atoms with Crippen molar-refractivity contribution < 1.29 is 8.42 Å². The van der Waals surface area contributed by atoms with Crippen LogP contribution < -0.4 is 5.32 Å². The fourth-order valence-corrected chi connectivity index (χ4v) is 3.55. The smallest absolute Gasteiger partial charge is 0.244 e. The number of aromatic amines is 1. The largest absolute Gasteiger partial charge is 0.363 e. The summed E-state index contributed by atoms with van der Waals surface area (Å²) in [5.74, 6) is 0.471. The van der Waals surface area contributed by atoms with E-state index in [1.807, 2.05) is 13.8 Å². The Hall–Kier alpha value is -0.850. The van der Waals surface area contributed by atoms with Crippen molar-refractivity contribution in [2.45, 2.75) is 51.6 Å². The van der Waals surface area contributed by atoms with E-state index in [2.05, 4.69) is 24.1 Å². The van der Waals surface area contributed by atoms with Crippen molar-refractivity contribution in [3.63, 3.8) is 0 Å². The van der Waals surface area contributed by atoms with E-state index >= 15 is 0 Å². The van der Waals surface area contributed by atoms with Crippen LogP contribution in [-0.4, -0.2) is 37.3 Å². The lowest BCUT2D eigenvalue weighted by Crippen LogP contribution is -2.35. The van der Waals surface area contributed by atoms with Gasteiger partial charge in [0.2, 0.25) is 10.0 Å². The minimum Gasteiger partial charge on any atom is -0.363 e. The van der Waals surface area contributed by atoms with Crippen LogP contribution in [0, 0.1) is 5.92 Å². The van der Waals surface area contributed by atoms with E-state index in [1.165, 1.54) is 4.31 Å². The van der Waals surface area contributed by atoms with Gasteiger partial charge in [0.25, 0.3) is 0 Å². The average Bonchev–Trinajstić information content (AvgIpc) is 2.83.